The molecule has 2 N–H and O–H groups in total. The minimum absolute atomic E-state index is 0.0184. The lowest BCUT2D eigenvalue weighted by molar-refractivity contribution is -0.135. The van der Waals surface area contributed by atoms with Gasteiger partial charge in [-0.25, -0.2) is 9.18 Å². The van der Waals surface area contributed by atoms with Crippen LogP contribution >= 0.6 is 11.8 Å². The Balaban J connectivity index is 1.28. The van der Waals surface area contributed by atoms with Crippen molar-refractivity contribution in [3.63, 3.8) is 0 Å². The summed E-state index contributed by atoms with van der Waals surface area (Å²) in [5.74, 6) is -1.84. The van der Waals surface area contributed by atoms with Gasteiger partial charge in [-0.05, 0) is 48.4 Å². The van der Waals surface area contributed by atoms with Crippen molar-refractivity contribution < 1.29 is 28.4 Å². The Morgan fingerprint density at radius 2 is 1.79 bits per heavy atom. The predicted molar refractivity (Wildman–Crippen MR) is 118 cm³/mol. The van der Waals surface area contributed by atoms with E-state index >= 15 is 0 Å². The maximum atomic E-state index is 13.0. The number of thioether (sulfide) groups is 1. The number of hydrogen-bond acceptors (Lipinski definition) is 6. The van der Waals surface area contributed by atoms with Gasteiger partial charge < -0.3 is 10.6 Å². The van der Waals surface area contributed by atoms with E-state index < -0.39 is 41.0 Å². The van der Waals surface area contributed by atoms with Crippen molar-refractivity contribution in [3.05, 3.63) is 40.6 Å². The summed E-state index contributed by atoms with van der Waals surface area (Å²) in [5, 5.41) is 4.82. The van der Waals surface area contributed by atoms with Crippen LogP contribution in [-0.4, -0.2) is 64.0 Å². The van der Waals surface area contributed by atoms with Crippen LogP contribution in [0.25, 0.3) is 6.08 Å². The Morgan fingerprint density at radius 3 is 2.48 bits per heavy atom. The molecule has 3 fully saturated rings. The van der Waals surface area contributed by atoms with Gasteiger partial charge >= 0.3 is 6.03 Å². The fourth-order valence-electron chi connectivity index (χ4n) is 4.22. The molecule has 11 heteroatoms. The van der Waals surface area contributed by atoms with E-state index in [1.165, 1.54) is 30.3 Å². The zero-order valence-electron chi connectivity index (χ0n) is 17.8. The summed E-state index contributed by atoms with van der Waals surface area (Å²) in [6.07, 6.45) is 5.35. The number of imide groups is 2. The van der Waals surface area contributed by atoms with E-state index in [0.717, 1.165) is 40.8 Å². The van der Waals surface area contributed by atoms with Crippen molar-refractivity contribution >= 4 is 46.8 Å². The quantitative estimate of drug-likeness (QED) is 0.483. The van der Waals surface area contributed by atoms with Gasteiger partial charge in [0.05, 0.1) is 4.91 Å². The zero-order valence-corrected chi connectivity index (χ0v) is 18.6. The summed E-state index contributed by atoms with van der Waals surface area (Å²) in [7, 11) is 0. The number of carbonyl (C=O) groups is 5. The molecule has 2 saturated heterocycles. The molecular formula is C22H23FN4O5S. The first-order valence-electron chi connectivity index (χ1n) is 10.7. The van der Waals surface area contributed by atoms with Gasteiger partial charge in [0.2, 0.25) is 5.91 Å². The average Bonchev–Trinajstić information content (AvgIpc) is 3.17. The van der Waals surface area contributed by atoms with Crippen LogP contribution in [0.5, 0.6) is 0 Å². The van der Waals surface area contributed by atoms with Crippen LogP contribution in [-0.2, 0) is 14.4 Å². The summed E-state index contributed by atoms with van der Waals surface area (Å²) in [6, 6.07) is 4.93. The summed E-state index contributed by atoms with van der Waals surface area (Å²) in [6.45, 7) is -0.491. The third-order valence-corrected chi connectivity index (χ3v) is 6.86. The van der Waals surface area contributed by atoms with Gasteiger partial charge in [0.15, 0.2) is 0 Å². The molecule has 0 bridgehead atoms. The van der Waals surface area contributed by atoms with Crippen molar-refractivity contribution in [1.29, 1.82) is 0 Å². The third kappa shape index (κ3) is 4.77. The lowest BCUT2D eigenvalue weighted by Gasteiger charge is -2.30. The Labute approximate surface area is 193 Å². The minimum atomic E-state index is -0.894. The Hall–Kier alpha value is -3.21. The van der Waals surface area contributed by atoms with Crippen LogP contribution in [0, 0.1) is 5.82 Å². The smallest absolute Gasteiger partial charge is 0.325 e. The highest BCUT2D eigenvalue weighted by Crippen LogP contribution is 2.34. The van der Waals surface area contributed by atoms with Gasteiger partial charge in [-0.3, -0.25) is 29.0 Å². The van der Waals surface area contributed by atoms with Crippen molar-refractivity contribution in [1.82, 2.24) is 20.4 Å². The van der Waals surface area contributed by atoms with E-state index in [0.29, 0.717) is 18.4 Å². The fourth-order valence-corrected chi connectivity index (χ4v) is 5.09. The highest BCUT2D eigenvalue weighted by atomic mass is 32.2. The van der Waals surface area contributed by atoms with Crippen LogP contribution in [0.3, 0.4) is 0 Å². The highest BCUT2D eigenvalue weighted by Gasteiger charge is 2.51. The molecule has 1 spiro atoms. The number of hydrogen-bond donors (Lipinski definition) is 2. The van der Waals surface area contributed by atoms with Gasteiger partial charge in [0.25, 0.3) is 17.1 Å². The maximum absolute atomic E-state index is 13.0. The number of nitrogens with one attached hydrogen (secondary N) is 2. The van der Waals surface area contributed by atoms with Crippen molar-refractivity contribution in [3.8, 4) is 0 Å². The molecule has 0 aromatic heterocycles. The van der Waals surface area contributed by atoms with E-state index in [1.807, 2.05) is 0 Å². The zero-order chi connectivity index (χ0) is 23.6. The summed E-state index contributed by atoms with van der Waals surface area (Å²) in [5.41, 5.74) is -0.311. The monoisotopic (exact) mass is 474 g/mol. The van der Waals surface area contributed by atoms with Gasteiger partial charge in [-0.2, -0.15) is 0 Å². The van der Waals surface area contributed by atoms with Gasteiger partial charge in [0, 0.05) is 13.1 Å². The van der Waals surface area contributed by atoms with Crippen LogP contribution in [0.4, 0.5) is 14.0 Å². The van der Waals surface area contributed by atoms with Crippen molar-refractivity contribution in [2.45, 2.75) is 37.6 Å². The first kappa shape index (κ1) is 23.0. The maximum Gasteiger partial charge on any atom is 0.325 e. The minimum Gasteiger partial charge on any atom is -0.353 e. The third-order valence-electron chi connectivity index (χ3n) is 5.95. The van der Waals surface area contributed by atoms with Gasteiger partial charge in [-0.15, -0.1) is 0 Å². The summed E-state index contributed by atoms with van der Waals surface area (Å²) >= 11 is 0.765. The second-order valence-corrected chi connectivity index (χ2v) is 9.19. The van der Waals surface area contributed by atoms with Crippen LogP contribution in [0.1, 0.15) is 37.7 Å². The van der Waals surface area contributed by atoms with E-state index in [1.54, 1.807) is 0 Å². The van der Waals surface area contributed by atoms with Crippen LogP contribution in [0.15, 0.2) is 29.2 Å². The second kappa shape index (κ2) is 9.34. The Bertz CT molecular complexity index is 1040. The van der Waals surface area contributed by atoms with Crippen molar-refractivity contribution in [2.75, 3.05) is 19.6 Å². The van der Waals surface area contributed by atoms with Gasteiger partial charge in [-0.1, -0.05) is 31.4 Å². The number of halogens is 1. The molecule has 2 aliphatic heterocycles. The molecule has 1 aromatic rings. The molecule has 33 heavy (non-hydrogen) atoms. The summed E-state index contributed by atoms with van der Waals surface area (Å²) < 4.78 is 13.0. The van der Waals surface area contributed by atoms with E-state index in [-0.39, 0.29) is 23.9 Å². The number of rotatable bonds is 6. The highest BCUT2D eigenvalue weighted by molar-refractivity contribution is 8.18. The molecule has 1 saturated carbocycles. The number of urea groups is 1. The second-order valence-electron chi connectivity index (χ2n) is 8.20. The van der Waals surface area contributed by atoms with Crippen molar-refractivity contribution in [2.24, 2.45) is 0 Å². The van der Waals surface area contributed by atoms with E-state index in [4.69, 9.17) is 0 Å². The molecule has 174 valence electrons. The molecule has 1 aliphatic carbocycles. The number of nitrogens with zero attached hydrogens (tertiary/aromatic N) is 2. The largest absolute Gasteiger partial charge is 0.353 e. The molecule has 0 atom stereocenters. The van der Waals surface area contributed by atoms with E-state index in [9.17, 15) is 28.4 Å². The van der Waals surface area contributed by atoms with Gasteiger partial charge in [0.1, 0.15) is 17.9 Å². The normalized spacial score (nSPS) is 21.3. The molecule has 0 unspecified atom stereocenters. The first-order valence-corrected chi connectivity index (χ1v) is 11.5. The molecule has 3 aliphatic rings. The lowest BCUT2D eigenvalue weighted by Crippen LogP contribution is -2.49. The molecule has 6 amide bonds. The molecular weight excluding hydrogens is 451 g/mol. The number of benzene rings is 1. The fraction of sp³-hybridized carbons (Fsp3) is 0.409. The SMILES string of the molecule is O=C(CN1C(=O)NC2(CCCCC2)C1=O)NCCN1C(=O)S/C(=C\c2ccc(F)cc2)C1=O. The standard InChI is InChI=1S/C22H23FN4O5S/c23-15-6-4-14(5-7-15)12-16-18(29)26(21(32)33-16)11-10-24-17(28)13-27-19(30)22(25-20(27)31)8-2-1-3-9-22/h4-7,12H,1-3,8-11,13H2,(H,24,28)(H,25,31)/b16-12-. The lowest BCUT2D eigenvalue weighted by atomic mass is 9.82. The molecule has 0 radical (unpaired) electrons. The van der Waals surface area contributed by atoms with E-state index in [2.05, 4.69) is 10.6 Å². The first-order chi connectivity index (χ1) is 15.8. The van der Waals surface area contributed by atoms with Crippen LogP contribution < -0.4 is 10.6 Å². The molecule has 1 aromatic carbocycles. The van der Waals surface area contributed by atoms with Crippen LogP contribution in [0.2, 0.25) is 0 Å². The molecule has 9 nitrogen and oxygen atoms in total. The Kier molecular flexibility index (Phi) is 6.50. The number of amides is 6. The number of carbonyl (C=O) groups excluding carboxylic acids is 5. The summed E-state index contributed by atoms with van der Waals surface area (Å²) in [4.78, 5) is 64.2. The predicted octanol–water partition coefficient (Wildman–Crippen LogP) is 2.23. The Morgan fingerprint density at radius 1 is 1.09 bits per heavy atom. The average molecular weight is 475 g/mol. The molecule has 2 heterocycles. The molecule has 4 rings (SSSR count). The topological polar surface area (TPSA) is 116 Å².